The SMILES string of the molecule is C=C/C=C\c1c(-c2csc(-c3cnc(-c4ccccc4)[nH]3)n2)c[nH]c1C.CCC. The Morgan fingerprint density at radius 3 is 2.66 bits per heavy atom. The third-order valence-electron chi connectivity index (χ3n) is 4.16. The topological polar surface area (TPSA) is 57.4 Å². The minimum Gasteiger partial charge on any atom is -0.364 e. The predicted octanol–water partition coefficient (Wildman–Crippen LogP) is 7.12. The molecule has 5 heteroatoms. The van der Waals surface area contributed by atoms with Gasteiger partial charge in [0.1, 0.15) is 10.8 Å². The molecule has 0 aliphatic carbocycles. The Morgan fingerprint density at radius 1 is 1.17 bits per heavy atom. The van der Waals surface area contributed by atoms with Crippen LogP contribution < -0.4 is 0 Å². The molecule has 1 aromatic carbocycles. The van der Waals surface area contributed by atoms with Crippen LogP contribution in [0.2, 0.25) is 0 Å². The van der Waals surface area contributed by atoms with Crippen LogP contribution in [-0.4, -0.2) is 19.9 Å². The van der Waals surface area contributed by atoms with Crippen molar-refractivity contribution in [1.29, 1.82) is 0 Å². The molecule has 4 aromatic rings. The summed E-state index contributed by atoms with van der Waals surface area (Å²) < 4.78 is 0. The zero-order valence-corrected chi connectivity index (χ0v) is 17.9. The number of nitrogens with zero attached hydrogens (tertiary/aromatic N) is 2. The number of hydrogen-bond acceptors (Lipinski definition) is 3. The summed E-state index contributed by atoms with van der Waals surface area (Å²) in [4.78, 5) is 15.9. The van der Waals surface area contributed by atoms with Crippen LogP contribution in [0.15, 0.2) is 66.8 Å². The molecule has 0 aliphatic heterocycles. The molecule has 0 amide bonds. The molecular formula is C24H26N4S. The van der Waals surface area contributed by atoms with Gasteiger partial charge in [-0.15, -0.1) is 11.3 Å². The molecule has 0 aliphatic rings. The number of aromatic nitrogens is 4. The number of hydrogen-bond donors (Lipinski definition) is 2. The van der Waals surface area contributed by atoms with Crippen LogP contribution in [0, 0.1) is 6.92 Å². The number of aryl methyl sites for hydroxylation is 1. The van der Waals surface area contributed by atoms with Gasteiger partial charge in [-0.25, -0.2) is 9.97 Å². The minimum absolute atomic E-state index is 0.851. The molecule has 0 radical (unpaired) electrons. The van der Waals surface area contributed by atoms with Crippen LogP contribution in [0.5, 0.6) is 0 Å². The Balaban J connectivity index is 0.000000755. The van der Waals surface area contributed by atoms with Crippen LogP contribution >= 0.6 is 11.3 Å². The molecule has 0 spiro atoms. The van der Waals surface area contributed by atoms with Crippen LogP contribution in [0.25, 0.3) is 39.4 Å². The first-order valence-electron chi connectivity index (χ1n) is 9.71. The third kappa shape index (κ3) is 4.81. The van der Waals surface area contributed by atoms with Crippen LogP contribution in [0.1, 0.15) is 31.5 Å². The summed E-state index contributed by atoms with van der Waals surface area (Å²) >= 11 is 1.61. The number of aromatic amines is 2. The molecule has 4 rings (SSSR count). The molecule has 0 atom stereocenters. The summed E-state index contributed by atoms with van der Waals surface area (Å²) in [7, 11) is 0. The van der Waals surface area contributed by atoms with Crippen LogP contribution in [0.3, 0.4) is 0 Å². The Kier molecular flexibility index (Phi) is 6.98. The Hall–Kier alpha value is -3.18. The number of allylic oxidation sites excluding steroid dienone is 2. The molecule has 4 nitrogen and oxygen atoms in total. The smallest absolute Gasteiger partial charge is 0.142 e. The molecule has 0 unspecified atom stereocenters. The first kappa shape index (κ1) is 20.6. The fourth-order valence-electron chi connectivity index (χ4n) is 2.82. The maximum atomic E-state index is 4.81. The predicted molar refractivity (Wildman–Crippen MR) is 125 cm³/mol. The summed E-state index contributed by atoms with van der Waals surface area (Å²) in [6, 6.07) is 10.1. The van der Waals surface area contributed by atoms with E-state index in [0.29, 0.717) is 0 Å². The highest BCUT2D eigenvalue weighted by Crippen LogP contribution is 2.32. The second-order valence-corrected chi connectivity index (χ2v) is 7.45. The Morgan fingerprint density at radius 2 is 1.93 bits per heavy atom. The number of nitrogens with one attached hydrogen (secondary N) is 2. The van der Waals surface area contributed by atoms with Gasteiger partial charge in [-0.05, 0) is 6.92 Å². The normalized spacial score (nSPS) is 10.7. The number of rotatable bonds is 5. The van der Waals surface area contributed by atoms with Crippen LogP contribution in [-0.2, 0) is 0 Å². The lowest BCUT2D eigenvalue weighted by Crippen LogP contribution is -1.82. The van der Waals surface area contributed by atoms with Crippen molar-refractivity contribution in [2.24, 2.45) is 0 Å². The lowest BCUT2D eigenvalue weighted by molar-refractivity contribution is 1.09. The molecule has 0 saturated heterocycles. The summed E-state index contributed by atoms with van der Waals surface area (Å²) in [5.74, 6) is 0.851. The summed E-state index contributed by atoms with van der Waals surface area (Å²) in [6.45, 7) is 10.0. The second kappa shape index (κ2) is 9.85. The van der Waals surface area contributed by atoms with E-state index in [1.165, 1.54) is 6.42 Å². The fourth-order valence-corrected chi connectivity index (χ4v) is 3.61. The molecule has 2 N–H and O–H groups in total. The van der Waals surface area contributed by atoms with Crippen molar-refractivity contribution in [3.05, 3.63) is 78.1 Å². The van der Waals surface area contributed by atoms with E-state index in [4.69, 9.17) is 4.98 Å². The summed E-state index contributed by atoms with van der Waals surface area (Å²) in [5, 5.41) is 3.00. The van der Waals surface area contributed by atoms with Gasteiger partial charge in [0.15, 0.2) is 0 Å². The largest absolute Gasteiger partial charge is 0.364 e. The highest BCUT2D eigenvalue weighted by Gasteiger charge is 2.14. The van der Waals surface area contributed by atoms with Gasteiger partial charge in [0, 0.05) is 34.0 Å². The van der Waals surface area contributed by atoms with E-state index in [9.17, 15) is 0 Å². The maximum absolute atomic E-state index is 4.81. The van der Waals surface area contributed by atoms with Crippen molar-refractivity contribution in [3.8, 4) is 33.3 Å². The van der Waals surface area contributed by atoms with E-state index < -0.39 is 0 Å². The molecule has 0 bridgehead atoms. The van der Waals surface area contributed by atoms with E-state index >= 15 is 0 Å². The average molecular weight is 403 g/mol. The lowest BCUT2D eigenvalue weighted by atomic mass is 10.1. The monoisotopic (exact) mass is 402 g/mol. The number of benzene rings is 1. The quantitative estimate of drug-likeness (QED) is 0.349. The highest BCUT2D eigenvalue weighted by atomic mass is 32.1. The van der Waals surface area contributed by atoms with E-state index in [1.54, 1.807) is 17.4 Å². The standard InChI is InChI=1S/C21H18N4S.C3H8/c1-3-4-10-16-14(2)22-11-17(16)19-13-26-21(25-19)18-12-23-20(24-18)15-8-6-5-7-9-15;1-3-2/h3-13,22H,1H2,2H3,(H,23,24);3H2,1-2H3/b10-4-;. The average Bonchev–Trinajstić information content (AvgIpc) is 3.47. The molecule has 3 aromatic heterocycles. The number of H-pyrrole nitrogens is 2. The zero-order valence-electron chi connectivity index (χ0n) is 17.1. The zero-order chi connectivity index (χ0) is 20.6. The van der Waals surface area contributed by atoms with Crippen molar-refractivity contribution in [3.63, 3.8) is 0 Å². The fraction of sp³-hybridized carbons (Fsp3) is 0.167. The minimum atomic E-state index is 0.851. The highest BCUT2D eigenvalue weighted by molar-refractivity contribution is 7.13. The van der Waals surface area contributed by atoms with Crippen molar-refractivity contribution >= 4 is 17.4 Å². The van der Waals surface area contributed by atoms with Gasteiger partial charge in [0.25, 0.3) is 0 Å². The molecule has 0 saturated carbocycles. The van der Waals surface area contributed by atoms with Gasteiger partial charge >= 0.3 is 0 Å². The lowest BCUT2D eigenvalue weighted by Gasteiger charge is -1.97. The van der Waals surface area contributed by atoms with Gasteiger partial charge in [0.05, 0.1) is 17.6 Å². The first-order valence-corrected chi connectivity index (χ1v) is 10.6. The van der Waals surface area contributed by atoms with Crippen molar-refractivity contribution in [1.82, 2.24) is 19.9 Å². The first-order chi connectivity index (χ1) is 14.2. The van der Waals surface area contributed by atoms with Crippen molar-refractivity contribution in [2.45, 2.75) is 27.2 Å². The van der Waals surface area contributed by atoms with Crippen molar-refractivity contribution < 1.29 is 0 Å². The second-order valence-electron chi connectivity index (χ2n) is 6.59. The van der Waals surface area contributed by atoms with Gasteiger partial charge < -0.3 is 9.97 Å². The van der Waals surface area contributed by atoms with Gasteiger partial charge in [-0.2, -0.15) is 0 Å². The molecule has 148 valence electrons. The van der Waals surface area contributed by atoms with Gasteiger partial charge in [0.2, 0.25) is 0 Å². The Bertz CT molecular complexity index is 1080. The molecule has 29 heavy (non-hydrogen) atoms. The number of imidazole rings is 1. The Labute approximate surface area is 176 Å². The number of thiazole rings is 1. The van der Waals surface area contributed by atoms with E-state index in [0.717, 1.165) is 44.6 Å². The third-order valence-corrected chi connectivity index (χ3v) is 5.04. The molecule has 0 fully saturated rings. The van der Waals surface area contributed by atoms with Gasteiger partial charge in [-0.1, -0.05) is 75.4 Å². The summed E-state index contributed by atoms with van der Waals surface area (Å²) in [5.41, 5.74) is 6.28. The summed E-state index contributed by atoms with van der Waals surface area (Å²) in [6.07, 6.45) is 10.9. The molecular weight excluding hydrogens is 376 g/mol. The van der Waals surface area contributed by atoms with E-state index in [2.05, 4.69) is 53.8 Å². The van der Waals surface area contributed by atoms with Gasteiger partial charge in [-0.3, -0.25) is 0 Å². The van der Waals surface area contributed by atoms with Crippen molar-refractivity contribution in [2.75, 3.05) is 0 Å². The maximum Gasteiger partial charge on any atom is 0.142 e. The van der Waals surface area contributed by atoms with E-state index in [-0.39, 0.29) is 0 Å². The van der Waals surface area contributed by atoms with Crippen LogP contribution in [0.4, 0.5) is 0 Å². The van der Waals surface area contributed by atoms with E-state index in [1.807, 2.05) is 48.8 Å². The molecule has 3 heterocycles.